The van der Waals surface area contributed by atoms with Crippen LogP contribution in [0.2, 0.25) is 0 Å². The van der Waals surface area contributed by atoms with Gasteiger partial charge in [-0.15, -0.1) is 0 Å². The van der Waals surface area contributed by atoms with Crippen LogP contribution < -0.4 is 10.5 Å². The Hall–Kier alpha value is -1.88. The molecule has 5 nitrogen and oxygen atoms in total. The average molecular weight is 270 g/mol. The summed E-state index contributed by atoms with van der Waals surface area (Å²) in [5, 5.41) is 0.716. The minimum absolute atomic E-state index is 0.0295. The van der Waals surface area contributed by atoms with Crippen LogP contribution in [0.1, 0.15) is 6.42 Å². The maximum absolute atomic E-state index is 12.2. The molecule has 4 rings (SSSR count). The number of rotatable bonds is 1. The third-order valence-corrected chi connectivity index (χ3v) is 4.58. The van der Waals surface area contributed by atoms with Gasteiger partial charge in [0.05, 0.1) is 17.2 Å². The number of aryl methyl sites for hydroxylation is 1. The molecule has 20 heavy (non-hydrogen) atoms. The first-order chi connectivity index (χ1) is 9.72. The zero-order valence-corrected chi connectivity index (χ0v) is 11.6. The molecule has 104 valence electrons. The second kappa shape index (κ2) is 4.31. The molecule has 2 fully saturated rings. The van der Waals surface area contributed by atoms with Crippen molar-refractivity contribution in [2.45, 2.75) is 12.5 Å². The van der Waals surface area contributed by atoms with E-state index in [9.17, 15) is 4.79 Å². The molecule has 2 aromatic rings. The van der Waals surface area contributed by atoms with Gasteiger partial charge in [0, 0.05) is 45.0 Å². The lowest BCUT2D eigenvalue weighted by Gasteiger charge is -2.36. The van der Waals surface area contributed by atoms with E-state index in [4.69, 9.17) is 0 Å². The molecule has 0 spiro atoms. The van der Waals surface area contributed by atoms with Gasteiger partial charge in [-0.3, -0.25) is 9.69 Å². The Morgan fingerprint density at radius 3 is 3.05 bits per heavy atom. The number of fused-ring (bicyclic) bond motifs is 3. The van der Waals surface area contributed by atoms with Crippen molar-refractivity contribution < 1.29 is 0 Å². The van der Waals surface area contributed by atoms with Crippen LogP contribution >= 0.6 is 0 Å². The molecule has 2 aliphatic heterocycles. The van der Waals surface area contributed by atoms with Gasteiger partial charge in [0.15, 0.2) is 0 Å². The Morgan fingerprint density at radius 2 is 2.15 bits per heavy atom. The van der Waals surface area contributed by atoms with E-state index in [1.54, 1.807) is 17.9 Å². The van der Waals surface area contributed by atoms with E-state index >= 15 is 0 Å². The molecule has 2 saturated heterocycles. The highest BCUT2D eigenvalue weighted by Gasteiger charge is 2.32. The SMILES string of the molecule is Cn1cnc2ccc(N3CCN4CC[C@H]3C4)cc2c1=O. The maximum Gasteiger partial charge on any atom is 0.260 e. The molecule has 0 amide bonds. The smallest absolute Gasteiger partial charge is 0.260 e. The van der Waals surface area contributed by atoms with E-state index in [-0.39, 0.29) is 5.56 Å². The van der Waals surface area contributed by atoms with Crippen molar-refractivity contribution in [2.24, 2.45) is 7.05 Å². The number of aromatic nitrogens is 2. The Morgan fingerprint density at radius 1 is 1.25 bits per heavy atom. The van der Waals surface area contributed by atoms with E-state index in [1.165, 1.54) is 13.0 Å². The second-order valence-corrected chi connectivity index (χ2v) is 5.80. The molecular weight excluding hydrogens is 252 g/mol. The lowest BCUT2D eigenvalue weighted by atomic mass is 10.1. The zero-order valence-electron chi connectivity index (χ0n) is 11.6. The van der Waals surface area contributed by atoms with E-state index in [0.717, 1.165) is 30.8 Å². The third-order valence-electron chi connectivity index (χ3n) is 4.58. The van der Waals surface area contributed by atoms with Crippen molar-refractivity contribution in [1.82, 2.24) is 14.5 Å². The quantitative estimate of drug-likeness (QED) is 0.769. The van der Waals surface area contributed by atoms with Crippen LogP contribution in [0.5, 0.6) is 0 Å². The summed E-state index contributed by atoms with van der Waals surface area (Å²) >= 11 is 0. The fourth-order valence-electron chi connectivity index (χ4n) is 3.42. The van der Waals surface area contributed by atoms with Crippen molar-refractivity contribution in [3.05, 3.63) is 34.9 Å². The van der Waals surface area contributed by atoms with Crippen LogP contribution in [0.15, 0.2) is 29.3 Å². The predicted molar refractivity (Wildman–Crippen MR) is 79.2 cm³/mol. The van der Waals surface area contributed by atoms with Gasteiger partial charge < -0.3 is 9.47 Å². The van der Waals surface area contributed by atoms with Crippen LogP contribution in [-0.2, 0) is 7.05 Å². The first kappa shape index (κ1) is 11.9. The summed E-state index contributed by atoms with van der Waals surface area (Å²) in [6.45, 7) is 4.54. The monoisotopic (exact) mass is 270 g/mol. The highest BCUT2D eigenvalue weighted by Crippen LogP contribution is 2.28. The van der Waals surface area contributed by atoms with Gasteiger partial charge in [-0.05, 0) is 24.6 Å². The van der Waals surface area contributed by atoms with Crippen molar-refractivity contribution in [2.75, 3.05) is 31.1 Å². The molecule has 1 unspecified atom stereocenters. The number of anilines is 1. The minimum atomic E-state index is 0.0295. The highest BCUT2D eigenvalue weighted by molar-refractivity contribution is 5.81. The first-order valence-corrected chi connectivity index (χ1v) is 7.17. The average Bonchev–Trinajstić information content (AvgIpc) is 2.85. The van der Waals surface area contributed by atoms with Crippen LogP contribution in [0, 0.1) is 0 Å². The molecule has 2 atom stereocenters. The Labute approximate surface area is 117 Å². The molecule has 5 heteroatoms. The molecule has 1 aromatic carbocycles. The number of piperazine rings is 1. The van der Waals surface area contributed by atoms with Gasteiger partial charge in [0.2, 0.25) is 0 Å². The van der Waals surface area contributed by atoms with Crippen molar-refractivity contribution in [3.63, 3.8) is 0 Å². The lowest BCUT2D eigenvalue weighted by molar-refractivity contribution is 0.311. The molecule has 3 heterocycles. The van der Waals surface area contributed by atoms with Gasteiger partial charge in [-0.25, -0.2) is 4.98 Å². The molecule has 2 bridgehead atoms. The second-order valence-electron chi connectivity index (χ2n) is 5.80. The minimum Gasteiger partial charge on any atom is -0.366 e. The van der Waals surface area contributed by atoms with E-state index < -0.39 is 0 Å². The summed E-state index contributed by atoms with van der Waals surface area (Å²) in [6.07, 6.45) is 2.81. The van der Waals surface area contributed by atoms with Crippen molar-refractivity contribution >= 4 is 16.6 Å². The van der Waals surface area contributed by atoms with Gasteiger partial charge in [-0.1, -0.05) is 0 Å². The van der Waals surface area contributed by atoms with E-state index in [0.29, 0.717) is 11.4 Å². The predicted octanol–water partition coefficient (Wildman–Crippen LogP) is 0.828. The Kier molecular flexibility index (Phi) is 2.57. The van der Waals surface area contributed by atoms with Gasteiger partial charge >= 0.3 is 0 Å². The Bertz CT molecular complexity index is 723. The summed E-state index contributed by atoms with van der Waals surface area (Å²) in [6, 6.07) is 6.68. The van der Waals surface area contributed by atoms with Gasteiger partial charge in [0.25, 0.3) is 5.56 Å². The number of benzene rings is 1. The van der Waals surface area contributed by atoms with Crippen LogP contribution in [0.3, 0.4) is 0 Å². The number of nitrogens with zero attached hydrogens (tertiary/aromatic N) is 4. The molecule has 0 aliphatic carbocycles. The normalized spacial score (nSPS) is 25.4. The van der Waals surface area contributed by atoms with Gasteiger partial charge in [-0.2, -0.15) is 0 Å². The number of hydrogen-bond donors (Lipinski definition) is 0. The molecule has 2 aliphatic rings. The summed E-state index contributed by atoms with van der Waals surface area (Å²) in [7, 11) is 1.75. The summed E-state index contributed by atoms with van der Waals surface area (Å²) in [4.78, 5) is 21.5. The standard InChI is InChI=1S/C15H18N4O/c1-17-10-16-14-3-2-11(8-13(14)15(17)20)19-7-6-18-5-4-12(19)9-18/h2-3,8,10,12H,4-7,9H2,1H3/t12-/m0/s1. The molecule has 0 radical (unpaired) electrons. The Balaban J connectivity index is 1.80. The van der Waals surface area contributed by atoms with E-state index in [2.05, 4.69) is 20.9 Å². The molecule has 0 saturated carbocycles. The summed E-state index contributed by atoms with van der Waals surface area (Å²) < 4.78 is 1.54. The maximum atomic E-state index is 12.2. The summed E-state index contributed by atoms with van der Waals surface area (Å²) in [5.41, 5.74) is 1.97. The third kappa shape index (κ3) is 1.73. The topological polar surface area (TPSA) is 41.4 Å². The largest absolute Gasteiger partial charge is 0.366 e. The van der Waals surface area contributed by atoms with E-state index in [1.807, 2.05) is 12.1 Å². The molecule has 1 aromatic heterocycles. The van der Waals surface area contributed by atoms with Crippen LogP contribution in [0.4, 0.5) is 5.69 Å². The first-order valence-electron chi connectivity index (χ1n) is 7.17. The zero-order chi connectivity index (χ0) is 13.7. The fourth-order valence-corrected chi connectivity index (χ4v) is 3.42. The van der Waals surface area contributed by atoms with Crippen molar-refractivity contribution in [3.8, 4) is 0 Å². The van der Waals surface area contributed by atoms with Gasteiger partial charge in [0.1, 0.15) is 0 Å². The fraction of sp³-hybridized carbons (Fsp3) is 0.467. The van der Waals surface area contributed by atoms with Crippen molar-refractivity contribution in [1.29, 1.82) is 0 Å². The number of hydrogen-bond acceptors (Lipinski definition) is 4. The summed E-state index contributed by atoms with van der Waals surface area (Å²) in [5.74, 6) is 0. The molecule has 0 N–H and O–H groups in total. The highest BCUT2D eigenvalue weighted by atomic mass is 16.1. The lowest BCUT2D eigenvalue weighted by Crippen LogP contribution is -2.46. The van der Waals surface area contributed by atoms with Crippen LogP contribution in [-0.4, -0.2) is 46.7 Å². The van der Waals surface area contributed by atoms with Crippen LogP contribution in [0.25, 0.3) is 10.9 Å². The molecular formula is C15H18N4O.